The Labute approximate surface area is 131 Å². The van der Waals surface area contributed by atoms with Gasteiger partial charge in [0.2, 0.25) is 5.91 Å². The zero-order valence-electron chi connectivity index (χ0n) is 13.0. The molecule has 0 aromatic heterocycles. The number of nitrogens with one attached hydrogen (secondary N) is 1. The van der Waals surface area contributed by atoms with Crippen LogP contribution < -0.4 is 5.32 Å². The van der Waals surface area contributed by atoms with E-state index in [1.54, 1.807) is 4.90 Å². The number of carbonyl (C=O) groups excluding carboxylic acids is 2. The molecule has 3 amide bonds. The van der Waals surface area contributed by atoms with Crippen LogP contribution in [0.4, 0.5) is 4.79 Å². The number of hydrogen-bond donors (Lipinski definition) is 1. The Morgan fingerprint density at radius 3 is 2.18 bits per heavy atom. The van der Waals surface area contributed by atoms with Gasteiger partial charge in [-0.05, 0) is 25.3 Å². The summed E-state index contributed by atoms with van der Waals surface area (Å²) >= 11 is 0. The number of urea groups is 1. The molecule has 1 aliphatic carbocycles. The fourth-order valence-corrected chi connectivity index (χ4v) is 3.19. The lowest BCUT2D eigenvalue weighted by Crippen LogP contribution is -2.54. The molecule has 0 bridgehead atoms. The predicted molar refractivity (Wildman–Crippen MR) is 84.6 cm³/mol. The maximum atomic E-state index is 12.9. The number of carbonyl (C=O) groups is 2. The molecule has 1 aliphatic heterocycles. The van der Waals surface area contributed by atoms with Crippen molar-refractivity contribution >= 4 is 11.9 Å². The van der Waals surface area contributed by atoms with Gasteiger partial charge < -0.3 is 15.1 Å². The smallest absolute Gasteiger partial charge is 0.317 e. The zero-order valence-corrected chi connectivity index (χ0v) is 13.0. The lowest BCUT2D eigenvalue weighted by Gasteiger charge is -2.36. The number of hydrogen-bond acceptors (Lipinski definition) is 2. The molecule has 5 heteroatoms. The molecule has 1 aromatic rings. The minimum absolute atomic E-state index is 0.0289. The van der Waals surface area contributed by atoms with Gasteiger partial charge in [0, 0.05) is 32.7 Å². The average Bonchev–Trinajstić information content (AvgIpc) is 3.37. The van der Waals surface area contributed by atoms with Crippen LogP contribution in [0, 0.1) is 0 Å². The van der Waals surface area contributed by atoms with E-state index in [1.807, 2.05) is 30.0 Å². The average molecular weight is 301 g/mol. The van der Waals surface area contributed by atoms with Gasteiger partial charge in [0.15, 0.2) is 0 Å². The van der Waals surface area contributed by atoms with E-state index in [2.05, 4.69) is 17.4 Å². The van der Waals surface area contributed by atoms with Gasteiger partial charge >= 0.3 is 6.03 Å². The monoisotopic (exact) mass is 301 g/mol. The van der Waals surface area contributed by atoms with Crippen molar-refractivity contribution in [2.24, 2.45) is 0 Å². The lowest BCUT2D eigenvalue weighted by atomic mass is 9.94. The molecule has 118 valence electrons. The fourth-order valence-electron chi connectivity index (χ4n) is 3.19. The Balaban J connectivity index is 1.62. The summed E-state index contributed by atoms with van der Waals surface area (Å²) in [5.74, 6) is 0.231. The van der Waals surface area contributed by atoms with Crippen LogP contribution >= 0.6 is 0 Å². The third-order valence-electron chi connectivity index (χ3n) is 4.67. The van der Waals surface area contributed by atoms with E-state index in [0.29, 0.717) is 32.7 Å². The minimum Gasteiger partial charge on any atom is -0.338 e. The van der Waals surface area contributed by atoms with Crippen LogP contribution in [0.5, 0.6) is 0 Å². The topological polar surface area (TPSA) is 52.7 Å². The van der Waals surface area contributed by atoms with Gasteiger partial charge in [0.1, 0.15) is 0 Å². The third-order valence-corrected chi connectivity index (χ3v) is 4.67. The van der Waals surface area contributed by atoms with E-state index in [9.17, 15) is 9.59 Å². The van der Waals surface area contributed by atoms with Crippen molar-refractivity contribution in [2.45, 2.75) is 25.2 Å². The Morgan fingerprint density at radius 2 is 1.64 bits per heavy atom. The molecular weight excluding hydrogens is 278 g/mol. The van der Waals surface area contributed by atoms with E-state index in [4.69, 9.17) is 0 Å². The van der Waals surface area contributed by atoms with Gasteiger partial charge in [0.25, 0.3) is 0 Å². The van der Waals surface area contributed by atoms with Crippen LogP contribution in [0.25, 0.3) is 0 Å². The molecule has 0 spiro atoms. The van der Waals surface area contributed by atoms with Crippen molar-refractivity contribution < 1.29 is 9.59 Å². The summed E-state index contributed by atoms with van der Waals surface area (Å²) in [4.78, 5) is 28.4. The van der Waals surface area contributed by atoms with Crippen LogP contribution in [0.15, 0.2) is 30.3 Å². The second kappa shape index (κ2) is 5.99. The van der Waals surface area contributed by atoms with E-state index in [-0.39, 0.29) is 17.4 Å². The van der Waals surface area contributed by atoms with E-state index >= 15 is 0 Å². The fraction of sp³-hybridized carbons (Fsp3) is 0.529. The Bertz CT molecular complexity index is 546. The summed E-state index contributed by atoms with van der Waals surface area (Å²) in [6.07, 6.45) is 1.87. The highest BCUT2D eigenvalue weighted by atomic mass is 16.2. The second-order valence-electron chi connectivity index (χ2n) is 6.06. The van der Waals surface area contributed by atoms with Crippen molar-refractivity contribution in [2.75, 3.05) is 32.7 Å². The van der Waals surface area contributed by atoms with Crippen LogP contribution in [0.3, 0.4) is 0 Å². The maximum Gasteiger partial charge on any atom is 0.317 e. The van der Waals surface area contributed by atoms with E-state index in [0.717, 1.165) is 18.4 Å². The quantitative estimate of drug-likeness (QED) is 0.922. The van der Waals surface area contributed by atoms with Crippen molar-refractivity contribution in [3.8, 4) is 0 Å². The van der Waals surface area contributed by atoms with Gasteiger partial charge in [-0.25, -0.2) is 4.79 Å². The first kappa shape index (κ1) is 14.9. The maximum absolute atomic E-state index is 12.9. The predicted octanol–water partition coefficient (Wildman–Crippen LogP) is 1.59. The molecule has 1 saturated carbocycles. The highest BCUT2D eigenvalue weighted by molar-refractivity contribution is 5.91. The molecular formula is C17H23N3O2. The van der Waals surface area contributed by atoms with Crippen molar-refractivity contribution in [3.05, 3.63) is 35.9 Å². The number of rotatable bonds is 3. The Hall–Kier alpha value is -2.04. The highest BCUT2D eigenvalue weighted by Crippen LogP contribution is 2.49. The first-order chi connectivity index (χ1) is 10.7. The van der Waals surface area contributed by atoms with Gasteiger partial charge in [-0.2, -0.15) is 0 Å². The second-order valence-corrected chi connectivity index (χ2v) is 6.06. The Morgan fingerprint density at radius 1 is 1.05 bits per heavy atom. The third kappa shape index (κ3) is 2.67. The summed E-state index contributed by atoms with van der Waals surface area (Å²) in [5, 5.41) is 2.81. The SMILES string of the molecule is CCNC(=O)N1CCN(C(=O)C2(c3ccccc3)CC2)CC1. The molecule has 1 N–H and O–H groups in total. The first-order valence-corrected chi connectivity index (χ1v) is 8.05. The number of amides is 3. The molecule has 0 radical (unpaired) electrons. The van der Waals surface area contributed by atoms with Crippen LogP contribution in [0.2, 0.25) is 0 Å². The molecule has 5 nitrogen and oxygen atoms in total. The summed E-state index contributed by atoms with van der Waals surface area (Å²) in [6.45, 7) is 5.03. The van der Waals surface area contributed by atoms with Gasteiger partial charge in [0.05, 0.1) is 5.41 Å². The highest BCUT2D eigenvalue weighted by Gasteiger charge is 2.53. The normalized spacial score (nSPS) is 19.7. The summed E-state index contributed by atoms with van der Waals surface area (Å²) in [7, 11) is 0. The van der Waals surface area contributed by atoms with Gasteiger partial charge in [-0.15, -0.1) is 0 Å². The van der Waals surface area contributed by atoms with E-state index < -0.39 is 0 Å². The summed E-state index contributed by atoms with van der Waals surface area (Å²) in [5.41, 5.74) is 0.834. The number of nitrogens with zero attached hydrogens (tertiary/aromatic N) is 2. The summed E-state index contributed by atoms with van der Waals surface area (Å²) < 4.78 is 0. The lowest BCUT2D eigenvalue weighted by molar-refractivity contribution is -0.135. The Kier molecular flexibility index (Phi) is 4.05. The molecule has 2 fully saturated rings. The molecule has 3 rings (SSSR count). The van der Waals surface area contributed by atoms with Crippen LogP contribution in [-0.2, 0) is 10.2 Å². The number of piperazine rings is 1. The molecule has 0 atom stereocenters. The van der Waals surface area contributed by atoms with Crippen molar-refractivity contribution in [1.82, 2.24) is 15.1 Å². The molecule has 0 unspecified atom stereocenters. The molecule has 2 aliphatic rings. The van der Waals surface area contributed by atoms with Crippen molar-refractivity contribution in [3.63, 3.8) is 0 Å². The summed E-state index contributed by atoms with van der Waals surface area (Å²) in [6, 6.07) is 10.0. The standard InChI is InChI=1S/C17H23N3O2/c1-2-18-16(22)20-12-10-19(11-13-20)15(21)17(8-9-17)14-6-4-3-5-7-14/h3-7H,2,8-13H2,1H3,(H,18,22). The van der Waals surface area contributed by atoms with E-state index in [1.165, 1.54) is 0 Å². The number of benzene rings is 1. The van der Waals surface area contributed by atoms with Gasteiger partial charge in [-0.1, -0.05) is 30.3 Å². The zero-order chi connectivity index (χ0) is 15.6. The molecule has 1 saturated heterocycles. The molecule has 1 heterocycles. The molecule has 1 aromatic carbocycles. The first-order valence-electron chi connectivity index (χ1n) is 8.05. The van der Waals surface area contributed by atoms with Crippen LogP contribution in [-0.4, -0.2) is 54.5 Å². The van der Waals surface area contributed by atoms with Crippen LogP contribution in [0.1, 0.15) is 25.3 Å². The minimum atomic E-state index is -0.297. The largest absolute Gasteiger partial charge is 0.338 e. The molecule has 22 heavy (non-hydrogen) atoms. The van der Waals surface area contributed by atoms with Crippen molar-refractivity contribution in [1.29, 1.82) is 0 Å². The van der Waals surface area contributed by atoms with Gasteiger partial charge in [-0.3, -0.25) is 4.79 Å².